The molecule has 0 aliphatic rings. The van der Waals surface area contributed by atoms with Crippen molar-refractivity contribution in [1.29, 1.82) is 0 Å². The molecule has 0 aliphatic heterocycles. The lowest BCUT2D eigenvalue weighted by Crippen LogP contribution is -2.07. The van der Waals surface area contributed by atoms with E-state index >= 15 is 0 Å². The second-order valence-electron chi connectivity index (χ2n) is 6.36. The second kappa shape index (κ2) is 17.6. The van der Waals surface area contributed by atoms with Crippen LogP contribution in [0.4, 0.5) is 0 Å². The van der Waals surface area contributed by atoms with Gasteiger partial charge in [0.1, 0.15) is 0 Å². The van der Waals surface area contributed by atoms with E-state index in [1.807, 2.05) is 0 Å². The van der Waals surface area contributed by atoms with Gasteiger partial charge in [0.05, 0.1) is 0 Å². The van der Waals surface area contributed by atoms with E-state index < -0.39 is 6.00 Å². The molecule has 0 aromatic carbocycles. The third-order valence-electron chi connectivity index (χ3n) is 4.09. The molecule has 0 rings (SSSR count). The van der Waals surface area contributed by atoms with Gasteiger partial charge in [-0.2, -0.15) is 0 Å². The molecule has 0 heterocycles. The number of alkyl halides is 1. The molecule has 0 nitrogen and oxygen atoms in total. The molecule has 0 unspecified atom stereocenters. The Balaban J connectivity index is 3.00. The largest absolute Gasteiger partial charge is 0.341 e. The molecule has 0 fully saturated rings. The van der Waals surface area contributed by atoms with E-state index in [-0.39, 0.29) is 0 Å². The fourth-order valence-corrected chi connectivity index (χ4v) is 5.11. The van der Waals surface area contributed by atoms with Gasteiger partial charge in [0.2, 0.25) is 0 Å². The molecule has 0 bridgehead atoms. The number of rotatable bonds is 17. The van der Waals surface area contributed by atoms with Gasteiger partial charge in [0.15, 0.2) is 0 Å². The minimum atomic E-state index is -2.35. The lowest BCUT2D eigenvalue weighted by atomic mass is 10.0. The summed E-state index contributed by atoms with van der Waals surface area (Å²) in [7, 11) is 0. The summed E-state index contributed by atoms with van der Waals surface area (Å²) in [6, 6.07) is -1.52. The van der Waals surface area contributed by atoms with Crippen LogP contribution in [0.5, 0.6) is 0 Å². The first kappa shape index (κ1) is 23.8. The minimum absolute atomic E-state index is 0.829. The number of unbranched alkanes of at least 4 members (excludes halogenated alkanes) is 14. The van der Waals surface area contributed by atoms with Gasteiger partial charge >= 0.3 is 6.00 Å². The second-order valence-corrected chi connectivity index (χ2v) is 16.7. The van der Waals surface area contributed by atoms with E-state index in [0.29, 0.717) is 0 Å². The molecule has 0 N–H and O–H groups in total. The zero-order valence-corrected chi connectivity index (χ0v) is 19.5. The third kappa shape index (κ3) is 21.8. The Morgan fingerprint density at radius 1 is 0.455 bits per heavy atom. The Bertz CT molecular complexity index is 222. The summed E-state index contributed by atoms with van der Waals surface area (Å²) in [4.78, 5) is 0. The summed E-state index contributed by atoms with van der Waals surface area (Å²) >= 11 is 20.1. The van der Waals surface area contributed by atoms with Crippen molar-refractivity contribution in [2.75, 3.05) is 4.43 Å². The lowest BCUT2D eigenvalue weighted by Gasteiger charge is -2.07. The highest BCUT2D eigenvalue weighted by Gasteiger charge is 2.23. The fraction of sp³-hybridized carbons (Fsp3) is 1.00. The zero-order chi connectivity index (χ0) is 16.5. The zero-order valence-electron chi connectivity index (χ0n) is 14.0. The maximum Gasteiger partial charge on any atom is 0.341 e. The molecule has 0 spiro atoms. The van der Waals surface area contributed by atoms with E-state index in [9.17, 15) is 0 Å². The van der Waals surface area contributed by atoms with E-state index in [1.165, 1.54) is 94.3 Å². The molecular formula is C17H34Cl3ISi. The molecule has 22 heavy (non-hydrogen) atoms. The van der Waals surface area contributed by atoms with E-state index in [4.69, 9.17) is 33.2 Å². The van der Waals surface area contributed by atoms with Crippen molar-refractivity contribution in [1.82, 2.24) is 0 Å². The van der Waals surface area contributed by atoms with Crippen molar-refractivity contribution >= 4 is 61.8 Å². The van der Waals surface area contributed by atoms with Crippen molar-refractivity contribution in [2.45, 2.75) is 102 Å². The Hall–Kier alpha value is 1.82. The molecule has 134 valence electrons. The highest BCUT2D eigenvalue weighted by Crippen LogP contribution is 2.27. The maximum absolute atomic E-state index is 5.87. The van der Waals surface area contributed by atoms with Gasteiger partial charge in [0.25, 0.3) is 0 Å². The van der Waals surface area contributed by atoms with Gasteiger partial charge in [-0.05, 0) is 16.9 Å². The van der Waals surface area contributed by atoms with Crippen LogP contribution in [0.25, 0.3) is 0 Å². The van der Waals surface area contributed by atoms with Gasteiger partial charge < -0.3 is 0 Å². The predicted octanol–water partition coefficient (Wildman–Crippen LogP) is 8.93. The molecule has 0 amide bonds. The molecule has 0 aromatic heterocycles. The molecule has 0 aliphatic carbocycles. The first-order valence-corrected chi connectivity index (χ1v) is 16.0. The molecule has 0 saturated carbocycles. The van der Waals surface area contributed by atoms with Gasteiger partial charge in [-0.15, -0.1) is 33.2 Å². The summed E-state index contributed by atoms with van der Waals surface area (Å²) in [5.41, 5.74) is 0. The maximum atomic E-state index is 5.87. The number of halogens is 4. The van der Waals surface area contributed by atoms with Gasteiger partial charge in [0, 0.05) is 0 Å². The Morgan fingerprint density at radius 2 is 0.727 bits per heavy atom. The van der Waals surface area contributed by atoms with Crippen molar-refractivity contribution < 1.29 is 0 Å². The SMILES string of the molecule is Cl[Si](Cl)(Cl)CCCCCCCCCCCCCCCCCI. The average molecular weight is 500 g/mol. The lowest BCUT2D eigenvalue weighted by molar-refractivity contribution is 0.535. The molecule has 0 saturated heterocycles. The van der Waals surface area contributed by atoms with Crippen LogP contribution in [0, 0.1) is 0 Å². The smallest absolute Gasteiger partial charge is 0.126 e. The van der Waals surface area contributed by atoms with Crippen molar-refractivity contribution in [3.05, 3.63) is 0 Å². The van der Waals surface area contributed by atoms with Crippen molar-refractivity contribution in [3.63, 3.8) is 0 Å². The summed E-state index contributed by atoms with van der Waals surface area (Å²) in [6.07, 6.45) is 20.8. The van der Waals surface area contributed by atoms with Crippen LogP contribution in [-0.4, -0.2) is 10.4 Å². The van der Waals surface area contributed by atoms with E-state index in [0.717, 1.165) is 12.5 Å². The van der Waals surface area contributed by atoms with E-state index in [2.05, 4.69) is 22.6 Å². The first-order valence-electron chi connectivity index (χ1n) is 9.19. The van der Waals surface area contributed by atoms with Gasteiger partial charge in [-0.25, -0.2) is 0 Å². The topological polar surface area (TPSA) is 0 Å². The van der Waals surface area contributed by atoms with Crippen LogP contribution in [0.2, 0.25) is 6.04 Å². The first-order chi connectivity index (χ1) is 10.6. The summed E-state index contributed by atoms with van der Waals surface area (Å²) < 4.78 is 1.33. The standard InChI is InChI=1S/C17H34Cl3ISi/c18-22(19,20)17-15-13-11-9-7-5-3-1-2-4-6-8-10-12-14-16-21/h1-17H2. The van der Waals surface area contributed by atoms with E-state index in [1.54, 1.807) is 0 Å². The third-order valence-corrected chi connectivity index (χ3v) is 7.48. The Labute approximate surface area is 167 Å². The molecular weight excluding hydrogens is 466 g/mol. The Morgan fingerprint density at radius 3 is 1.00 bits per heavy atom. The molecule has 0 atom stereocenters. The quantitative estimate of drug-likeness (QED) is 0.0616. The van der Waals surface area contributed by atoms with Crippen LogP contribution < -0.4 is 0 Å². The van der Waals surface area contributed by atoms with Crippen molar-refractivity contribution in [2.24, 2.45) is 0 Å². The Kier molecular flexibility index (Phi) is 19.1. The van der Waals surface area contributed by atoms with Crippen LogP contribution in [0.1, 0.15) is 96.3 Å². The summed E-state index contributed by atoms with van der Waals surface area (Å²) in [5, 5.41) is 0. The average Bonchev–Trinajstić information content (AvgIpc) is 2.45. The molecule has 0 radical (unpaired) electrons. The fourth-order valence-electron chi connectivity index (χ4n) is 2.72. The summed E-state index contributed by atoms with van der Waals surface area (Å²) in [6.45, 7) is 0. The van der Waals surface area contributed by atoms with Crippen LogP contribution in [0.3, 0.4) is 0 Å². The normalized spacial score (nSPS) is 12.0. The summed E-state index contributed by atoms with van der Waals surface area (Å²) in [5.74, 6) is 0. The molecule has 0 aromatic rings. The number of hydrogen-bond donors (Lipinski definition) is 0. The van der Waals surface area contributed by atoms with Gasteiger partial charge in [-0.1, -0.05) is 112 Å². The number of hydrogen-bond acceptors (Lipinski definition) is 0. The monoisotopic (exact) mass is 498 g/mol. The molecule has 5 heteroatoms. The van der Waals surface area contributed by atoms with Crippen LogP contribution >= 0.6 is 55.8 Å². The predicted molar refractivity (Wildman–Crippen MR) is 116 cm³/mol. The highest BCUT2D eigenvalue weighted by atomic mass is 127. The highest BCUT2D eigenvalue weighted by molar-refractivity contribution is 14.1. The van der Waals surface area contributed by atoms with Crippen molar-refractivity contribution in [3.8, 4) is 0 Å². The minimum Gasteiger partial charge on any atom is -0.126 e. The van der Waals surface area contributed by atoms with Crippen LogP contribution in [0.15, 0.2) is 0 Å². The van der Waals surface area contributed by atoms with Crippen LogP contribution in [-0.2, 0) is 0 Å². The van der Waals surface area contributed by atoms with Gasteiger partial charge in [-0.3, -0.25) is 0 Å².